The van der Waals surface area contributed by atoms with Gasteiger partial charge in [-0.05, 0) is 86.0 Å². The fourth-order valence-electron chi connectivity index (χ4n) is 5.92. The largest absolute Gasteiger partial charge is 0.422 e. The van der Waals surface area contributed by atoms with E-state index in [9.17, 15) is 9.59 Å². The molecule has 0 bridgehead atoms. The van der Waals surface area contributed by atoms with Crippen molar-refractivity contribution in [2.75, 3.05) is 36.0 Å². The van der Waals surface area contributed by atoms with Crippen LogP contribution < -0.4 is 21.1 Å². The molecule has 0 aliphatic carbocycles. The summed E-state index contributed by atoms with van der Waals surface area (Å²) in [5.74, 6) is 0. The Kier molecular flexibility index (Phi) is 7.29. The van der Waals surface area contributed by atoms with Crippen LogP contribution in [0, 0.1) is 0 Å². The Hall–Kier alpha value is -4.84. The lowest BCUT2D eigenvalue weighted by Gasteiger charge is -2.21. The number of rotatable bonds is 8. The van der Waals surface area contributed by atoms with Gasteiger partial charge in [0, 0.05) is 60.5 Å². The summed E-state index contributed by atoms with van der Waals surface area (Å²) in [7, 11) is 0. The van der Waals surface area contributed by atoms with E-state index >= 15 is 0 Å². The maximum atomic E-state index is 13.3. The Morgan fingerprint density at radius 3 is 1.29 bits per heavy atom. The van der Waals surface area contributed by atoms with Crippen molar-refractivity contribution in [2.45, 2.75) is 27.7 Å². The molecule has 0 amide bonds. The Bertz CT molecular complexity index is 1900. The molecule has 2 aromatic heterocycles. The summed E-state index contributed by atoms with van der Waals surface area (Å²) < 4.78 is 11.7. The first-order valence-electron chi connectivity index (χ1n) is 14.6. The van der Waals surface area contributed by atoms with Gasteiger partial charge in [-0.3, -0.25) is 0 Å². The second-order valence-electron chi connectivity index (χ2n) is 10.4. The molecule has 0 radical (unpaired) electrons. The predicted molar refractivity (Wildman–Crippen MR) is 174 cm³/mol. The van der Waals surface area contributed by atoms with Crippen molar-refractivity contribution in [1.82, 2.24) is 0 Å². The van der Waals surface area contributed by atoms with Gasteiger partial charge < -0.3 is 18.6 Å². The Balaban J connectivity index is 1.47. The maximum absolute atomic E-state index is 13.3. The number of nitrogens with zero attached hydrogens (tertiary/aromatic N) is 2. The number of hydrogen-bond donors (Lipinski definition) is 0. The van der Waals surface area contributed by atoms with Gasteiger partial charge in [-0.2, -0.15) is 0 Å². The molecule has 0 unspecified atom stereocenters. The quantitative estimate of drug-likeness (QED) is 0.176. The van der Waals surface area contributed by atoms with Crippen LogP contribution in [0.4, 0.5) is 11.4 Å². The van der Waals surface area contributed by atoms with E-state index in [-0.39, 0.29) is 0 Å². The van der Waals surface area contributed by atoms with Crippen LogP contribution in [-0.2, 0) is 0 Å². The van der Waals surface area contributed by atoms with Gasteiger partial charge in [-0.15, -0.1) is 0 Å². The van der Waals surface area contributed by atoms with Crippen LogP contribution in [0.3, 0.4) is 0 Å². The molecule has 0 fully saturated rings. The standard InChI is InChI=1S/C36H34N2O4/c1-5-37(6-2)25-15-13-23-19-31(35(39)41-33(23)21-25)29-17-18-30(28-12-10-9-11-27(28)29)32-20-24-14-16-26(38(7-3)8-4)22-34(24)42-36(32)40/h9-22H,5-8H2,1-4H3. The lowest BCUT2D eigenvalue weighted by atomic mass is 9.92. The molecule has 6 heteroatoms. The van der Waals surface area contributed by atoms with E-state index in [1.54, 1.807) is 0 Å². The molecule has 212 valence electrons. The van der Waals surface area contributed by atoms with Gasteiger partial charge in [0.1, 0.15) is 11.2 Å². The molecule has 0 spiro atoms. The zero-order valence-electron chi connectivity index (χ0n) is 24.4. The van der Waals surface area contributed by atoms with Gasteiger partial charge in [0.25, 0.3) is 0 Å². The molecule has 0 aliphatic rings. The van der Waals surface area contributed by atoms with Gasteiger partial charge in [0.05, 0.1) is 11.1 Å². The van der Waals surface area contributed by atoms with E-state index in [1.807, 2.05) is 72.8 Å². The molecule has 2 heterocycles. The Morgan fingerprint density at radius 2 is 0.905 bits per heavy atom. The van der Waals surface area contributed by atoms with E-state index in [0.29, 0.717) is 22.3 Å². The SMILES string of the molecule is CCN(CC)c1ccc2cc(-c3ccc(-c4cc5ccc(N(CC)CC)cc5oc4=O)c4ccccc34)c(=O)oc2c1. The number of hydrogen-bond acceptors (Lipinski definition) is 6. The molecule has 6 aromatic rings. The zero-order valence-corrected chi connectivity index (χ0v) is 24.4. The minimum atomic E-state index is -0.397. The summed E-state index contributed by atoms with van der Waals surface area (Å²) in [5.41, 5.74) is 4.86. The van der Waals surface area contributed by atoms with E-state index in [4.69, 9.17) is 8.83 Å². The highest BCUT2D eigenvalue weighted by atomic mass is 16.4. The lowest BCUT2D eigenvalue weighted by molar-refractivity contribution is 0.563. The van der Waals surface area contributed by atoms with Gasteiger partial charge in [0.15, 0.2) is 0 Å². The Labute approximate surface area is 244 Å². The van der Waals surface area contributed by atoms with Gasteiger partial charge in [-0.1, -0.05) is 36.4 Å². The molecular formula is C36H34N2O4. The summed E-state index contributed by atoms with van der Waals surface area (Å²) in [5, 5.41) is 3.43. The topological polar surface area (TPSA) is 66.9 Å². The first kappa shape index (κ1) is 27.3. The van der Waals surface area contributed by atoms with E-state index in [1.165, 1.54) is 0 Å². The minimum Gasteiger partial charge on any atom is -0.422 e. The van der Waals surface area contributed by atoms with Crippen molar-refractivity contribution < 1.29 is 8.83 Å². The molecule has 0 saturated heterocycles. The summed E-state index contributed by atoms with van der Waals surface area (Å²) >= 11 is 0. The van der Waals surface area contributed by atoms with Crippen LogP contribution >= 0.6 is 0 Å². The van der Waals surface area contributed by atoms with Crippen LogP contribution in [0.25, 0.3) is 55.0 Å². The molecule has 0 aliphatic heterocycles. The van der Waals surface area contributed by atoms with Gasteiger partial charge in [-0.25, -0.2) is 9.59 Å². The minimum absolute atomic E-state index is 0.397. The molecular weight excluding hydrogens is 524 g/mol. The number of benzene rings is 4. The fraction of sp³-hybridized carbons (Fsp3) is 0.222. The van der Waals surface area contributed by atoms with E-state index < -0.39 is 11.3 Å². The van der Waals surface area contributed by atoms with Gasteiger partial charge in [0.2, 0.25) is 0 Å². The summed E-state index contributed by atoms with van der Waals surface area (Å²) in [6.07, 6.45) is 0. The second-order valence-corrected chi connectivity index (χ2v) is 10.4. The van der Waals surface area contributed by atoms with Crippen LogP contribution in [0.2, 0.25) is 0 Å². The monoisotopic (exact) mass is 558 g/mol. The molecule has 0 atom stereocenters. The summed E-state index contributed by atoms with van der Waals surface area (Å²) in [6.45, 7) is 11.9. The van der Waals surface area contributed by atoms with E-state index in [2.05, 4.69) is 49.6 Å². The lowest BCUT2D eigenvalue weighted by Crippen LogP contribution is -2.21. The maximum Gasteiger partial charge on any atom is 0.344 e. The zero-order chi connectivity index (χ0) is 29.4. The van der Waals surface area contributed by atoms with Crippen molar-refractivity contribution in [1.29, 1.82) is 0 Å². The molecule has 6 nitrogen and oxygen atoms in total. The third-order valence-electron chi connectivity index (χ3n) is 8.20. The highest BCUT2D eigenvalue weighted by Crippen LogP contribution is 2.36. The molecule has 6 rings (SSSR count). The first-order chi connectivity index (χ1) is 20.4. The van der Waals surface area contributed by atoms with E-state index in [0.717, 1.165) is 70.2 Å². The van der Waals surface area contributed by atoms with Crippen molar-refractivity contribution in [3.8, 4) is 22.3 Å². The average molecular weight is 559 g/mol. The average Bonchev–Trinajstić information content (AvgIpc) is 3.01. The van der Waals surface area contributed by atoms with Gasteiger partial charge >= 0.3 is 11.3 Å². The molecule has 4 aromatic carbocycles. The van der Waals surface area contributed by atoms with Crippen LogP contribution in [0.5, 0.6) is 0 Å². The smallest absolute Gasteiger partial charge is 0.344 e. The Morgan fingerprint density at radius 1 is 0.500 bits per heavy atom. The third-order valence-corrected chi connectivity index (χ3v) is 8.20. The first-order valence-corrected chi connectivity index (χ1v) is 14.6. The number of fused-ring (bicyclic) bond motifs is 3. The molecule has 0 N–H and O–H groups in total. The van der Waals surface area contributed by atoms with Crippen molar-refractivity contribution in [3.05, 3.63) is 106 Å². The molecule has 42 heavy (non-hydrogen) atoms. The third kappa shape index (κ3) is 4.73. The van der Waals surface area contributed by atoms with Crippen molar-refractivity contribution in [3.63, 3.8) is 0 Å². The normalized spacial score (nSPS) is 11.4. The highest BCUT2D eigenvalue weighted by molar-refractivity contribution is 6.06. The fourth-order valence-corrected chi connectivity index (χ4v) is 5.92. The summed E-state index contributed by atoms with van der Waals surface area (Å²) in [6, 6.07) is 27.4. The van der Waals surface area contributed by atoms with Crippen LogP contribution in [-0.4, -0.2) is 26.2 Å². The highest BCUT2D eigenvalue weighted by Gasteiger charge is 2.17. The predicted octanol–water partition coefficient (Wildman–Crippen LogP) is 8.08. The molecule has 0 saturated carbocycles. The van der Waals surface area contributed by atoms with Crippen molar-refractivity contribution >= 4 is 44.1 Å². The van der Waals surface area contributed by atoms with Crippen LogP contribution in [0.1, 0.15) is 27.7 Å². The van der Waals surface area contributed by atoms with Crippen LogP contribution in [0.15, 0.2) is 103 Å². The van der Waals surface area contributed by atoms with Crippen molar-refractivity contribution in [2.24, 2.45) is 0 Å². The number of anilines is 2. The summed E-state index contributed by atoms with van der Waals surface area (Å²) in [4.78, 5) is 31.1. The second kappa shape index (κ2) is 11.2.